The molecule has 1 unspecified atom stereocenters. The maximum Gasteiger partial charge on any atom is 0.416 e. The summed E-state index contributed by atoms with van der Waals surface area (Å²) in [7, 11) is 0. The van der Waals surface area contributed by atoms with Crippen LogP contribution in [0.15, 0.2) is 54.6 Å². The fourth-order valence-corrected chi connectivity index (χ4v) is 2.32. The molecule has 2 aromatic rings. The van der Waals surface area contributed by atoms with Crippen LogP contribution in [0.5, 0.6) is 0 Å². The summed E-state index contributed by atoms with van der Waals surface area (Å²) in [5.41, 5.74) is 1.62. The van der Waals surface area contributed by atoms with Gasteiger partial charge in [0.15, 0.2) is 0 Å². The summed E-state index contributed by atoms with van der Waals surface area (Å²) >= 11 is 0. The van der Waals surface area contributed by atoms with Gasteiger partial charge in [0.1, 0.15) is 0 Å². The Bertz CT molecular complexity index is 526. The van der Waals surface area contributed by atoms with Crippen molar-refractivity contribution in [2.45, 2.75) is 25.9 Å². The van der Waals surface area contributed by atoms with E-state index in [0.717, 1.165) is 30.5 Å². The van der Waals surface area contributed by atoms with Crippen molar-refractivity contribution in [3.8, 4) is 0 Å². The zero-order valence-corrected chi connectivity index (χ0v) is 11.3. The van der Waals surface area contributed by atoms with Crippen LogP contribution in [0, 0.1) is 5.92 Å². The van der Waals surface area contributed by atoms with Gasteiger partial charge >= 0.3 is 6.18 Å². The van der Waals surface area contributed by atoms with E-state index in [1.54, 1.807) is 12.1 Å². The van der Waals surface area contributed by atoms with Crippen molar-refractivity contribution in [1.29, 1.82) is 0 Å². The Hall–Kier alpha value is -1.77. The van der Waals surface area contributed by atoms with Gasteiger partial charge in [-0.05, 0) is 42.0 Å². The second-order valence-corrected chi connectivity index (χ2v) is 5.19. The molecule has 0 amide bonds. The second-order valence-electron chi connectivity index (χ2n) is 5.19. The first kappa shape index (κ1) is 14.6. The van der Waals surface area contributed by atoms with E-state index in [9.17, 15) is 13.2 Å². The molecule has 0 saturated heterocycles. The maximum absolute atomic E-state index is 12.5. The molecular weight excluding hydrogens is 261 g/mol. The molecular formula is C17H17F3. The molecule has 0 saturated carbocycles. The zero-order chi connectivity index (χ0) is 14.6. The predicted molar refractivity (Wildman–Crippen MR) is 74.5 cm³/mol. The van der Waals surface area contributed by atoms with Crippen molar-refractivity contribution in [3.05, 3.63) is 71.3 Å². The number of halogens is 3. The number of alkyl halides is 3. The quantitative estimate of drug-likeness (QED) is 0.727. The first-order valence-electron chi connectivity index (χ1n) is 6.65. The Morgan fingerprint density at radius 3 is 1.80 bits per heavy atom. The van der Waals surface area contributed by atoms with Crippen LogP contribution >= 0.6 is 0 Å². The van der Waals surface area contributed by atoms with Crippen molar-refractivity contribution >= 4 is 0 Å². The van der Waals surface area contributed by atoms with Gasteiger partial charge in [0.2, 0.25) is 0 Å². The largest absolute Gasteiger partial charge is 0.416 e. The van der Waals surface area contributed by atoms with Crippen LogP contribution in [-0.4, -0.2) is 0 Å². The van der Waals surface area contributed by atoms with E-state index in [0.29, 0.717) is 5.92 Å². The lowest BCUT2D eigenvalue weighted by atomic mass is 9.94. The van der Waals surface area contributed by atoms with Crippen molar-refractivity contribution < 1.29 is 13.2 Å². The van der Waals surface area contributed by atoms with Crippen LogP contribution in [-0.2, 0) is 19.0 Å². The van der Waals surface area contributed by atoms with Gasteiger partial charge in [0.05, 0.1) is 5.56 Å². The Balaban J connectivity index is 1.96. The van der Waals surface area contributed by atoms with Crippen LogP contribution in [0.2, 0.25) is 0 Å². The third-order valence-electron chi connectivity index (χ3n) is 3.29. The van der Waals surface area contributed by atoms with E-state index < -0.39 is 11.7 Å². The molecule has 0 aliphatic rings. The molecule has 0 N–H and O–H groups in total. The smallest absolute Gasteiger partial charge is 0.166 e. The molecule has 0 heterocycles. The van der Waals surface area contributed by atoms with Crippen molar-refractivity contribution in [2.75, 3.05) is 0 Å². The molecule has 106 valence electrons. The van der Waals surface area contributed by atoms with E-state index in [-0.39, 0.29) is 0 Å². The summed E-state index contributed by atoms with van der Waals surface area (Å²) in [6, 6.07) is 15.6. The first-order valence-corrected chi connectivity index (χ1v) is 6.65. The monoisotopic (exact) mass is 278 g/mol. The van der Waals surface area contributed by atoms with Crippen LogP contribution in [0.25, 0.3) is 0 Å². The van der Waals surface area contributed by atoms with Gasteiger partial charge in [-0.15, -0.1) is 0 Å². The van der Waals surface area contributed by atoms with E-state index in [1.807, 2.05) is 18.2 Å². The van der Waals surface area contributed by atoms with Gasteiger partial charge in [-0.1, -0.05) is 49.4 Å². The number of hydrogen-bond acceptors (Lipinski definition) is 0. The SMILES string of the molecule is CC(Cc1ccccc1)Cc1ccc(C(F)(F)F)cc1. The van der Waals surface area contributed by atoms with Crippen molar-refractivity contribution in [3.63, 3.8) is 0 Å². The summed E-state index contributed by atoms with van der Waals surface area (Å²) < 4.78 is 37.4. The first-order chi connectivity index (χ1) is 9.45. The lowest BCUT2D eigenvalue weighted by molar-refractivity contribution is -0.137. The summed E-state index contributed by atoms with van der Waals surface area (Å²) in [4.78, 5) is 0. The standard InChI is InChI=1S/C17H17F3/c1-13(11-14-5-3-2-4-6-14)12-15-7-9-16(10-8-15)17(18,19)20/h2-10,13H,11-12H2,1H3. The highest BCUT2D eigenvalue weighted by Crippen LogP contribution is 2.29. The molecule has 1 atom stereocenters. The number of rotatable bonds is 4. The molecule has 0 nitrogen and oxygen atoms in total. The lowest BCUT2D eigenvalue weighted by Gasteiger charge is -2.12. The molecule has 0 aliphatic heterocycles. The molecule has 0 fully saturated rings. The minimum atomic E-state index is -4.26. The average molecular weight is 278 g/mol. The van der Waals surface area contributed by atoms with E-state index in [2.05, 4.69) is 19.1 Å². The maximum atomic E-state index is 12.5. The van der Waals surface area contributed by atoms with Gasteiger partial charge < -0.3 is 0 Å². The van der Waals surface area contributed by atoms with Crippen LogP contribution in [0.1, 0.15) is 23.6 Å². The molecule has 0 radical (unpaired) electrons. The highest BCUT2D eigenvalue weighted by molar-refractivity contribution is 5.25. The molecule has 2 aromatic carbocycles. The fourth-order valence-electron chi connectivity index (χ4n) is 2.32. The molecule has 0 aliphatic carbocycles. The van der Waals surface area contributed by atoms with Gasteiger partial charge in [-0.2, -0.15) is 13.2 Å². The lowest BCUT2D eigenvalue weighted by Crippen LogP contribution is -2.06. The molecule has 20 heavy (non-hydrogen) atoms. The van der Waals surface area contributed by atoms with Gasteiger partial charge in [0, 0.05) is 0 Å². The Kier molecular flexibility index (Phi) is 4.48. The Morgan fingerprint density at radius 2 is 1.30 bits per heavy atom. The molecule has 0 spiro atoms. The van der Waals surface area contributed by atoms with Crippen molar-refractivity contribution in [2.24, 2.45) is 5.92 Å². The van der Waals surface area contributed by atoms with E-state index in [4.69, 9.17) is 0 Å². The normalized spacial score (nSPS) is 13.2. The molecule has 0 aromatic heterocycles. The molecule has 2 rings (SSSR count). The predicted octanol–water partition coefficient (Wildman–Crippen LogP) is 5.13. The zero-order valence-electron chi connectivity index (χ0n) is 11.3. The summed E-state index contributed by atoms with van der Waals surface area (Å²) in [6.45, 7) is 2.12. The Morgan fingerprint density at radius 1 is 0.800 bits per heavy atom. The number of hydrogen-bond donors (Lipinski definition) is 0. The van der Waals surface area contributed by atoms with Crippen LogP contribution in [0.4, 0.5) is 13.2 Å². The highest BCUT2D eigenvalue weighted by atomic mass is 19.4. The highest BCUT2D eigenvalue weighted by Gasteiger charge is 2.29. The average Bonchev–Trinajstić information content (AvgIpc) is 2.39. The van der Waals surface area contributed by atoms with Gasteiger partial charge in [-0.25, -0.2) is 0 Å². The van der Waals surface area contributed by atoms with Crippen LogP contribution < -0.4 is 0 Å². The van der Waals surface area contributed by atoms with Crippen LogP contribution in [0.3, 0.4) is 0 Å². The third kappa shape index (κ3) is 4.12. The fraction of sp³-hybridized carbons (Fsp3) is 0.294. The minimum Gasteiger partial charge on any atom is -0.166 e. The third-order valence-corrected chi connectivity index (χ3v) is 3.29. The van der Waals surface area contributed by atoms with E-state index in [1.165, 1.54) is 5.56 Å². The van der Waals surface area contributed by atoms with E-state index >= 15 is 0 Å². The summed E-state index contributed by atoms with van der Waals surface area (Å²) in [5.74, 6) is 0.397. The number of benzene rings is 2. The Labute approximate surface area is 117 Å². The summed E-state index contributed by atoms with van der Waals surface area (Å²) in [5, 5.41) is 0. The van der Waals surface area contributed by atoms with Crippen molar-refractivity contribution in [1.82, 2.24) is 0 Å². The molecule has 3 heteroatoms. The minimum absolute atomic E-state index is 0.397. The topological polar surface area (TPSA) is 0 Å². The molecule has 0 bridgehead atoms. The van der Waals surface area contributed by atoms with Gasteiger partial charge in [0.25, 0.3) is 0 Å². The summed E-state index contributed by atoms with van der Waals surface area (Å²) in [6.07, 6.45) is -2.54. The second kappa shape index (κ2) is 6.12. The van der Waals surface area contributed by atoms with Gasteiger partial charge in [-0.3, -0.25) is 0 Å².